The second-order valence-electron chi connectivity index (χ2n) is 3.64. The summed E-state index contributed by atoms with van der Waals surface area (Å²) in [5.41, 5.74) is -3.85. The van der Waals surface area contributed by atoms with Crippen molar-refractivity contribution in [2.45, 2.75) is 6.18 Å². The van der Waals surface area contributed by atoms with Gasteiger partial charge in [0.2, 0.25) is 0 Å². The normalized spacial score (nSPS) is 11.6. The maximum absolute atomic E-state index is 12.7. The minimum Gasteiger partial charge on any atom is -0.303 e. The largest absolute Gasteiger partial charge is 0.431 e. The number of aromatic nitrogens is 2. The fourth-order valence-electron chi connectivity index (χ4n) is 1.48. The van der Waals surface area contributed by atoms with Gasteiger partial charge in [0.25, 0.3) is 5.56 Å². The smallest absolute Gasteiger partial charge is 0.303 e. The molecule has 19 heavy (non-hydrogen) atoms. The van der Waals surface area contributed by atoms with Crippen LogP contribution in [0.4, 0.5) is 17.6 Å². The molecule has 4 nitrogen and oxygen atoms in total. The lowest BCUT2D eigenvalue weighted by Crippen LogP contribution is -2.35. The first-order valence-electron chi connectivity index (χ1n) is 4.98. The van der Waals surface area contributed by atoms with E-state index in [1.165, 1.54) is 0 Å². The first-order valence-corrected chi connectivity index (χ1v) is 4.98. The molecule has 2 rings (SSSR count). The van der Waals surface area contributed by atoms with E-state index < -0.39 is 28.9 Å². The average Bonchev–Trinajstić information content (AvgIpc) is 2.29. The van der Waals surface area contributed by atoms with Crippen LogP contribution >= 0.6 is 0 Å². The average molecular weight is 274 g/mol. The Bertz CT molecular complexity index is 682. The molecule has 0 saturated carbocycles. The highest BCUT2D eigenvalue weighted by Gasteiger charge is 2.33. The van der Waals surface area contributed by atoms with Gasteiger partial charge < -0.3 is 4.98 Å². The molecular weight excluding hydrogens is 268 g/mol. The molecular formula is C11H6F4N2O2. The van der Waals surface area contributed by atoms with Gasteiger partial charge in [0.15, 0.2) is 0 Å². The van der Waals surface area contributed by atoms with E-state index in [0.29, 0.717) is 4.57 Å². The second-order valence-corrected chi connectivity index (χ2v) is 3.64. The third-order valence-electron chi connectivity index (χ3n) is 2.32. The molecule has 0 bridgehead atoms. The number of halogens is 4. The predicted octanol–water partition coefficient (Wildman–Crippen LogP) is 1.68. The second kappa shape index (κ2) is 4.38. The molecule has 0 saturated heterocycles. The lowest BCUT2D eigenvalue weighted by atomic mass is 10.3. The zero-order chi connectivity index (χ0) is 14.2. The van der Waals surface area contributed by atoms with Gasteiger partial charge in [-0.05, 0) is 24.3 Å². The number of hydrogen-bond donors (Lipinski definition) is 1. The van der Waals surface area contributed by atoms with Crippen molar-refractivity contribution in [1.82, 2.24) is 9.55 Å². The Balaban J connectivity index is 2.64. The molecule has 0 aliphatic rings. The van der Waals surface area contributed by atoms with Crippen molar-refractivity contribution in [3.05, 3.63) is 62.7 Å². The number of rotatable bonds is 1. The monoisotopic (exact) mass is 274 g/mol. The Labute approximate surface area is 102 Å². The summed E-state index contributed by atoms with van der Waals surface area (Å²) in [6.45, 7) is 0. The molecule has 100 valence electrons. The summed E-state index contributed by atoms with van der Waals surface area (Å²) < 4.78 is 50.3. The van der Waals surface area contributed by atoms with Gasteiger partial charge in [0.1, 0.15) is 11.5 Å². The molecule has 0 spiro atoms. The summed E-state index contributed by atoms with van der Waals surface area (Å²) in [5, 5.41) is 0. The molecule has 1 aromatic heterocycles. The van der Waals surface area contributed by atoms with Gasteiger partial charge in [0, 0.05) is 6.07 Å². The maximum Gasteiger partial charge on any atom is 0.431 e. The molecule has 0 fully saturated rings. The molecule has 0 aliphatic carbocycles. The molecule has 2 aromatic rings. The van der Waals surface area contributed by atoms with Crippen LogP contribution in [-0.2, 0) is 6.18 Å². The van der Waals surface area contributed by atoms with E-state index in [0.717, 1.165) is 24.3 Å². The first-order chi connectivity index (χ1) is 8.79. The van der Waals surface area contributed by atoms with Crippen molar-refractivity contribution < 1.29 is 17.6 Å². The van der Waals surface area contributed by atoms with Crippen molar-refractivity contribution in [3.8, 4) is 5.69 Å². The van der Waals surface area contributed by atoms with E-state index in [1.54, 1.807) is 4.98 Å². The van der Waals surface area contributed by atoms with E-state index in [4.69, 9.17) is 0 Å². The number of aromatic amines is 1. The third kappa shape index (κ3) is 2.56. The predicted molar refractivity (Wildman–Crippen MR) is 57.6 cm³/mol. The topological polar surface area (TPSA) is 54.9 Å². The highest BCUT2D eigenvalue weighted by Crippen LogP contribution is 2.25. The van der Waals surface area contributed by atoms with Crippen LogP contribution in [0.15, 0.2) is 39.9 Å². The molecule has 0 atom stereocenters. The van der Waals surface area contributed by atoms with E-state index in [1.807, 2.05) is 0 Å². The minimum atomic E-state index is -4.82. The Morgan fingerprint density at radius 3 is 2.11 bits per heavy atom. The number of nitrogens with one attached hydrogen (secondary N) is 1. The molecule has 1 aromatic carbocycles. The van der Waals surface area contributed by atoms with Gasteiger partial charge in [0.05, 0.1) is 5.69 Å². The summed E-state index contributed by atoms with van der Waals surface area (Å²) in [4.78, 5) is 24.6. The number of nitrogens with zero attached hydrogens (tertiary/aromatic N) is 1. The van der Waals surface area contributed by atoms with Crippen LogP contribution in [0, 0.1) is 5.82 Å². The zero-order valence-corrected chi connectivity index (χ0v) is 9.16. The summed E-state index contributed by atoms with van der Waals surface area (Å²) in [7, 11) is 0. The van der Waals surface area contributed by atoms with Crippen LogP contribution in [-0.4, -0.2) is 9.55 Å². The molecule has 0 aliphatic heterocycles. The quantitative estimate of drug-likeness (QED) is 0.804. The molecule has 0 radical (unpaired) electrons. The van der Waals surface area contributed by atoms with Crippen LogP contribution in [0.3, 0.4) is 0 Å². The van der Waals surface area contributed by atoms with Gasteiger partial charge in [-0.15, -0.1) is 0 Å². The fourth-order valence-corrected chi connectivity index (χ4v) is 1.48. The summed E-state index contributed by atoms with van der Waals surface area (Å²) >= 11 is 0. The van der Waals surface area contributed by atoms with Crippen molar-refractivity contribution in [3.63, 3.8) is 0 Å². The number of hydrogen-bond acceptors (Lipinski definition) is 2. The number of alkyl halides is 3. The van der Waals surface area contributed by atoms with Crippen LogP contribution in [0.1, 0.15) is 5.69 Å². The lowest BCUT2D eigenvalue weighted by molar-refractivity contribution is -0.141. The van der Waals surface area contributed by atoms with Crippen LogP contribution in [0.25, 0.3) is 5.69 Å². The van der Waals surface area contributed by atoms with Gasteiger partial charge in [-0.1, -0.05) is 0 Å². The Morgan fingerprint density at radius 2 is 1.63 bits per heavy atom. The van der Waals surface area contributed by atoms with Gasteiger partial charge in [-0.25, -0.2) is 13.8 Å². The van der Waals surface area contributed by atoms with Gasteiger partial charge in [-0.3, -0.25) is 4.79 Å². The molecule has 1 N–H and O–H groups in total. The van der Waals surface area contributed by atoms with Gasteiger partial charge in [-0.2, -0.15) is 13.2 Å². The van der Waals surface area contributed by atoms with E-state index in [2.05, 4.69) is 0 Å². The standard InChI is InChI=1S/C11H6F4N2O2/c12-6-1-3-7(4-2-6)17-9(18)5-8(11(13,14)15)16-10(17)19/h1-5H,(H,16,19). The summed E-state index contributed by atoms with van der Waals surface area (Å²) in [5.74, 6) is -0.597. The highest BCUT2D eigenvalue weighted by molar-refractivity contribution is 5.31. The van der Waals surface area contributed by atoms with Crippen molar-refractivity contribution in [2.24, 2.45) is 0 Å². The number of H-pyrrole nitrogens is 1. The minimum absolute atomic E-state index is 0.0265. The van der Waals surface area contributed by atoms with E-state index in [9.17, 15) is 27.2 Å². The zero-order valence-electron chi connectivity index (χ0n) is 9.16. The molecule has 8 heteroatoms. The van der Waals surface area contributed by atoms with Gasteiger partial charge >= 0.3 is 11.9 Å². The summed E-state index contributed by atoms with van der Waals surface area (Å²) in [6, 6.07) is 4.46. The first kappa shape index (κ1) is 13.1. The van der Waals surface area contributed by atoms with Crippen molar-refractivity contribution in [2.75, 3.05) is 0 Å². The molecule has 0 unspecified atom stereocenters. The maximum atomic E-state index is 12.7. The molecule has 1 heterocycles. The highest BCUT2D eigenvalue weighted by atomic mass is 19.4. The Hall–Kier alpha value is -2.38. The fraction of sp³-hybridized carbons (Fsp3) is 0.0909. The lowest BCUT2D eigenvalue weighted by Gasteiger charge is -2.08. The third-order valence-corrected chi connectivity index (χ3v) is 2.32. The summed E-state index contributed by atoms with van der Waals surface area (Å²) in [6.07, 6.45) is -4.82. The van der Waals surface area contributed by atoms with Crippen molar-refractivity contribution in [1.29, 1.82) is 0 Å². The van der Waals surface area contributed by atoms with Crippen molar-refractivity contribution >= 4 is 0 Å². The van der Waals surface area contributed by atoms with Crippen LogP contribution in [0.2, 0.25) is 0 Å². The van der Waals surface area contributed by atoms with Crippen LogP contribution in [0.5, 0.6) is 0 Å². The van der Waals surface area contributed by atoms with Crippen LogP contribution < -0.4 is 11.2 Å². The molecule has 0 amide bonds. The SMILES string of the molecule is O=c1cc(C(F)(F)F)[nH]c(=O)n1-c1ccc(F)cc1. The number of benzene rings is 1. The van der Waals surface area contributed by atoms with E-state index >= 15 is 0 Å². The van der Waals surface area contributed by atoms with E-state index in [-0.39, 0.29) is 11.8 Å². The Morgan fingerprint density at radius 1 is 1.05 bits per heavy atom. The Kier molecular flexibility index (Phi) is 3.01.